The van der Waals surface area contributed by atoms with E-state index in [1.54, 1.807) is 0 Å². The third kappa shape index (κ3) is 2.11. The largest absolute Gasteiger partial charge is 0.508 e. The number of rotatable bonds is 2. The molecule has 0 spiro atoms. The quantitative estimate of drug-likeness (QED) is 0.776. The summed E-state index contributed by atoms with van der Waals surface area (Å²) < 4.78 is 13.0. The van der Waals surface area contributed by atoms with Crippen LogP contribution in [0.1, 0.15) is 24.9 Å². The molecule has 2 nitrogen and oxygen atoms in total. The molecule has 0 aromatic heterocycles. The Hall–Kier alpha value is -0.800. The van der Waals surface area contributed by atoms with Gasteiger partial charge in [-0.1, -0.05) is 18.5 Å². The molecule has 1 unspecified atom stereocenters. The van der Waals surface area contributed by atoms with Gasteiger partial charge in [0.15, 0.2) is 0 Å². The summed E-state index contributed by atoms with van der Waals surface area (Å²) in [6.07, 6.45) is 0.634. The molecule has 1 aromatic rings. The van der Waals surface area contributed by atoms with E-state index in [2.05, 4.69) is 0 Å². The van der Waals surface area contributed by atoms with Crippen LogP contribution in [0, 0.1) is 5.82 Å². The van der Waals surface area contributed by atoms with E-state index in [0.29, 0.717) is 12.0 Å². The molecule has 1 rings (SSSR count). The minimum Gasteiger partial charge on any atom is -0.508 e. The molecule has 0 radical (unpaired) electrons. The van der Waals surface area contributed by atoms with Crippen molar-refractivity contribution in [3.8, 4) is 5.75 Å². The maximum absolute atomic E-state index is 13.0. The van der Waals surface area contributed by atoms with E-state index >= 15 is 0 Å². The third-order valence-electron chi connectivity index (χ3n) is 1.91. The van der Waals surface area contributed by atoms with Crippen molar-refractivity contribution in [1.82, 2.24) is 0 Å². The van der Waals surface area contributed by atoms with Crippen LogP contribution in [0.5, 0.6) is 5.75 Å². The lowest BCUT2D eigenvalue weighted by Crippen LogP contribution is -2.09. The Labute approximate surface area is 81.1 Å². The fraction of sp³-hybridized carbons (Fsp3) is 0.333. The minimum atomic E-state index is -0.557. The van der Waals surface area contributed by atoms with Gasteiger partial charge >= 0.3 is 0 Å². The summed E-state index contributed by atoms with van der Waals surface area (Å²) in [6.45, 7) is 1.86. The molecule has 0 bridgehead atoms. The normalized spacial score (nSPS) is 12.9. The maximum atomic E-state index is 13.0. The minimum absolute atomic E-state index is 0.0549. The van der Waals surface area contributed by atoms with Gasteiger partial charge in [0.1, 0.15) is 11.6 Å². The van der Waals surface area contributed by atoms with E-state index < -0.39 is 5.82 Å². The molecule has 0 aliphatic carbocycles. The van der Waals surface area contributed by atoms with Gasteiger partial charge in [0.25, 0.3) is 0 Å². The van der Waals surface area contributed by atoms with Crippen molar-refractivity contribution in [1.29, 1.82) is 0 Å². The maximum Gasteiger partial charge on any atom is 0.142 e. The van der Waals surface area contributed by atoms with E-state index in [4.69, 9.17) is 17.3 Å². The van der Waals surface area contributed by atoms with Gasteiger partial charge in [0.05, 0.1) is 5.02 Å². The average molecular weight is 204 g/mol. The van der Waals surface area contributed by atoms with Gasteiger partial charge in [-0.25, -0.2) is 4.39 Å². The summed E-state index contributed by atoms with van der Waals surface area (Å²) in [5.74, 6) is -0.612. The van der Waals surface area contributed by atoms with Crippen LogP contribution in [-0.4, -0.2) is 5.11 Å². The summed E-state index contributed by atoms with van der Waals surface area (Å²) in [5, 5.41) is 9.29. The fourth-order valence-electron chi connectivity index (χ4n) is 1.07. The first-order chi connectivity index (χ1) is 6.06. The molecule has 13 heavy (non-hydrogen) atoms. The lowest BCUT2D eigenvalue weighted by atomic mass is 10.0. The van der Waals surface area contributed by atoms with Gasteiger partial charge in [-0.05, 0) is 12.5 Å². The second kappa shape index (κ2) is 3.94. The predicted octanol–water partition coefficient (Wildman–Crippen LogP) is 2.59. The van der Waals surface area contributed by atoms with Crippen molar-refractivity contribution in [2.75, 3.05) is 0 Å². The Morgan fingerprint density at radius 3 is 2.77 bits per heavy atom. The first-order valence-electron chi connectivity index (χ1n) is 3.99. The number of hydrogen-bond donors (Lipinski definition) is 2. The van der Waals surface area contributed by atoms with Gasteiger partial charge in [0.2, 0.25) is 0 Å². The molecule has 4 heteroatoms. The van der Waals surface area contributed by atoms with Crippen molar-refractivity contribution in [3.63, 3.8) is 0 Å². The Balaban J connectivity index is 3.15. The molecule has 0 saturated carbocycles. The molecule has 0 heterocycles. The van der Waals surface area contributed by atoms with Crippen LogP contribution in [0.3, 0.4) is 0 Å². The number of halogens is 2. The van der Waals surface area contributed by atoms with Crippen molar-refractivity contribution in [2.45, 2.75) is 19.4 Å². The van der Waals surface area contributed by atoms with E-state index in [0.717, 1.165) is 0 Å². The van der Waals surface area contributed by atoms with Gasteiger partial charge in [0, 0.05) is 17.7 Å². The second-order valence-corrected chi connectivity index (χ2v) is 3.25. The summed E-state index contributed by atoms with van der Waals surface area (Å²) in [5.41, 5.74) is 6.04. The predicted molar refractivity (Wildman–Crippen MR) is 50.3 cm³/mol. The molecule has 0 aliphatic rings. The summed E-state index contributed by atoms with van der Waals surface area (Å²) >= 11 is 5.46. The third-order valence-corrected chi connectivity index (χ3v) is 2.20. The Bertz CT molecular complexity index is 317. The van der Waals surface area contributed by atoms with Gasteiger partial charge in [-0.15, -0.1) is 0 Å². The zero-order valence-electron chi connectivity index (χ0n) is 7.22. The number of benzene rings is 1. The van der Waals surface area contributed by atoms with Crippen LogP contribution in [0.2, 0.25) is 5.02 Å². The average Bonchev–Trinajstić information content (AvgIpc) is 2.10. The molecule has 72 valence electrons. The topological polar surface area (TPSA) is 46.2 Å². The van der Waals surface area contributed by atoms with Crippen LogP contribution >= 0.6 is 11.6 Å². The number of phenols is 1. The van der Waals surface area contributed by atoms with Crippen LogP contribution in [0.25, 0.3) is 0 Å². The highest BCUT2D eigenvalue weighted by atomic mass is 35.5. The molecule has 0 saturated heterocycles. The van der Waals surface area contributed by atoms with Crippen LogP contribution in [0.4, 0.5) is 4.39 Å². The smallest absolute Gasteiger partial charge is 0.142 e. The highest BCUT2D eigenvalue weighted by Gasteiger charge is 2.12. The zero-order valence-corrected chi connectivity index (χ0v) is 7.98. The van der Waals surface area contributed by atoms with E-state index in [1.807, 2.05) is 6.92 Å². The first kappa shape index (κ1) is 10.3. The summed E-state index contributed by atoms with van der Waals surface area (Å²) in [7, 11) is 0. The lowest BCUT2D eigenvalue weighted by molar-refractivity contribution is 0.457. The van der Waals surface area contributed by atoms with Gasteiger partial charge < -0.3 is 10.8 Å². The highest BCUT2D eigenvalue weighted by Crippen LogP contribution is 2.29. The number of phenolic OH excluding ortho intramolecular Hbond substituents is 1. The Morgan fingerprint density at radius 2 is 2.23 bits per heavy atom. The zero-order chi connectivity index (χ0) is 10.0. The van der Waals surface area contributed by atoms with Gasteiger partial charge in [-0.2, -0.15) is 0 Å². The fourth-order valence-corrected chi connectivity index (χ4v) is 1.23. The molecule has 0 amide bonds. The number of nitrogens with two attached hydrogens (primary N) is 1. The highest BCUT2D eigenvalue weighted by molar-refractivity contribution is 6.30. The first-order valence-corrected chi connectivity index (χ1v) is 4.37. The molecule has 3 N–H and O–H groups in total. The Morgan fingerprint density at radius 1 is 1.62 bits per heavy atom. The lowest BCUT2D eigenvalue weighted by Gasteiger charge is -2.11. The van der Waals surface area contributed by atoms with E-state index in [-0.39, 0.29) is 16.8 Å². The summed E-state index contributed by atoms with van der Waals surface area (Å²) in [4.78, 5) is 0. The van der Waals surface area contributed by atoms with Crippen molar-refractivity contribution < 1.29 is 9.50 Å². The van der Waals surface area contributed by atoms with Crippen molar-refractivity contribution in [2.24, 2.45) is 5.73 Å². The SMILES string of the molecule is CCC(N)c1cc(F)c(Cl)cc1O. The molecule has 0 fully saturated rings. The number of hydrogen-bond acceptors (Lipinski definition) is 2. The monoisotopic (exact) mass is 203 g/mol. The van der Waals surface area contributed by atoms with Crippen molar-refractivity contribution >= 4 is 11.6 Å². The Kier molecular flexibility index (Phi) is 3.12. The van der Waals surface area contributed by atoms with Crippen molar-refractivity contribution in [3.05, 3.63) is 28.5 Å². The second-order valence-electron chi connectivity index (χ2n) is 2.84. The van der Waals surface area contributed by atoms with Crippen LogP contribution in [0.15, 0.2) is 12.1 Å². The van der Waals surface area contributed by atoms with Gasteiger partial charge in [-0.3, -0.25) is 0 Å². The molecular formula is C9H11ClFNO. The molecular weight excluding hydrogens is 193 g/mol. The molecule has 0 aliphatic heterocycles. The van der Waals surface area contributed by atoms with E-state index in [9.17, 15) is 9.50 Å². The molecule has 1 atom stereocenters. The van der Waals surface area contributed by atoms with Crippen LogP contribution < -0.4 is 5.73 Å². The van der Waals surface area contributed by atoms with E-state index in [1.165, 1.54) is 12.1 Å². The molecule has 1 aromatic carbocycles. The van der Waals surface area contributed by atoms with Crippen LogP contribution in [-0.2, 0) is 0 Å². The number of aromatic hydroxyl groups is 1. The standard InChI is InChI=1S/C9H11ClFNO/c1-2-8(12)5-3-7(11)6(10)4-9(5)13/h3-4,8,13H,2,12H2,1H3. The summed E-state index contributed by atoms with van der Waals surface area (Å²) in [6, 6.07) is 1.99.